The van der Waals surface area contributed by atoms with E-state index in [1.165, 1.54) is 12.1 Å². The van der Waals surface area contributed by atoms with Gasteiger partial charge in [0, 0.05) is 17.3 Å². The molecule has 2 rings (SSSR count). The van der Waals surface area contributed by atoms with Gasteiger partial charge in [-0.1, -0.05) is 6.92 Å². The van der Waals surface area contributed by atoms with Gasteiger partial charge in [0.1, 0.15) is 11.6 Å². The van der Waals surface area contributed by atoms with E-state index in [0.29, 0.717) is 5.82 Å². The summed E-state index contributed by atoms with van der Waals surface area (Å²) in [5.74, 6) is -0.109. The van der Waals surface area contributed by atoms with E-state index in [9.17, 15) is 12.8 Å². The molecule has 0 aliphatic carbocycles. The van der Waals surface area contributed by atoms with Crippen LogP contribution in [0.2, 0.25) is 0 Å². The van der Waals surface area contributed by atoms with E-state index >= 15 is 0 Å². The molecule has 0 bridgehead atoms. The molecule has 0 saturated heterocycles. The summed E-state index contributed by atoms with van der Waals surface area (Å²) in [5, 5.41) is 2.88. The largest absolute Gasteiger partial charge is 0.338 e. The van der Waals surface area contributed by atoms with Crippen LogP contribution < -0.4 is 5.32 Å². The van der Waals surface area contributed by atoms with Crippen LogP contribution in [0.4, 0.5) is 15.9 Å². The zero-order valence-electron chi connectivity index (χ0n) is 12.6. The molecule has 0 atom stereocenters. The van der Waals surface area contributed by atoms with Gasteiger partial charge in [-0.2, -0.15) is 0 Å². The van der Waals surface area contributed by atoms with Gasteiger partial charge in [-0.3, -0.25) is 0 Å². The first kappa shape index (κ1) is 16.8. The summed E-state index contributed by atoms with van der Waals surface area (Å²) in [6.45, 7) is 2.05. The number of nitrogens with one attached hydrogen (secondary N) is 1. The molecule has 22 heavy (non-hydrogen) atoms. The molecule has 1 aromatic heterocycles. The van der Waals surface area contributed by atoms with Gasteiger partial charge in [0.25, 0.3) is 0 Å². The van der Waals surface area contributed by atoms with Crippen molar-refractivity contribution in [3.05, 3.63) is 41.8 Å². The first-order valence-electron chi connectivity index (χ1n) is 6.64. The van der Waals surface area contributed by atoms with Crippen molar-refractivity contribution in [1.82, 2.24) is 4.98 Å². The van der Waals surface area contributed by atoms with Gasteiger partial charge in [-0.15, -0.1) is 11.8 Å². The molecule has 7 heteroatoms. The molecule has 0 aliphatic heterocycles. The minimum Gasteiger partial charge on any atom is -0.338 e. The Hall–Kier alpha value is -1.60. The monoisotopic (exact) mass is 340 g/mol. The number of aryl methyl sites for hydroxylation is 1. The molecule has 0 saturated carbocycles. The lowest BCUT2D eigenvalue weighted by Gasteiger charge is -2.11. The minimum atomic E-state index is -3.42. The summed E-state index contributed by atoms with van der Waals surface area (Å²) in [4.78, 5) is 5.29. The van der Waals surface area contributed by atoms with Gasteiger partial charge in [-0.25, -0.2) is 17.8 Å². The fourth-order valence-electron chi connectivity index (χ4n) is 1.95. The van der Waals surface area contributed by atoms with Gasteiger partial charge in [0.05, 0.1) is 10.6 Å². The lowest BCUT2D eigenvalue weighted by molar-refractivity contribution is 0.596. The maximum atomic E-state index is 14.0. The molecule has 0 aliphatic rings. The van der Waals surface area contributed by atoms with Crippen LogP contribution in [0, 0.1) is 5.82 Å². The molecule has 0 unspecified atom stereocenters. The van der Waals surface area contributed by atoms with Crippen LogP contribution >= 0.6 is 11.8 Å². The van der Waals surface area contributed by atoms with E-state index in [1.807, 2.05) is 19.2 Å². The smallest absolute Gasteiger partial charge is 0.175 e. The molecule has 118 valence electrons. The third-order valence-corrected chi connectivity index (χ3v) is 5.11. The van der Waals surface area contributed by atoms with Crippen molar-refractivity contribution in [2.75, 3.05) is 17.8 Å². The number of aromatic nitrogens is 1. The Bertz CT molecular complexity index is 792. The fraction of sp³-hybridized carbons (Fsp3) is 0.267. The van der Waals surface area contributed by atoms with Crippen LogP contribution in [0.1, 0.15) is 12.5 Å². The second-order valence-electron chi connectivity index (χ2n) is 4.77. The van der Waals surface area contributed by atoms with Crippen LogP contribution in [0.15, 0.2) is 40.3 Å². The number of rotatable bonds is 5. The number of thioether (sulfide) groups is 1. The van der Waals surface area contributed by atoms with Crippen molar-refractivity contribution < 1.29 is 12.8 Å². The Morgan fingerprint density at radius 2 is 2.05 bits per heavy atom. The van der Waals surface area contributed by atoms with Crippen LogP contribution in [-0.4, -0.2) is 25.9 Å². The standard InChI is InChI=1S/C15H17FN2O2S2/c1-4-10-9-17-15(8-14(10)21-2)18-13-6-5-11(7-12(13)16)22(3,19)20/h5-9H,4H2,1-3H3,(H,17,18). The molecule has 0 fully saturated rings. The highest BCUT2D eigenvalue weighted by Gasteiger charge is 2.12. The molecule has 4 nitrogen and oxygen atoms in total. The predicted octanol–water partition coefficient (Wildman–Crippen LogP) is 3.65. The normalized spacial score (nSPS) is 11.5. The highest BCUT2D eigenvalue weighted by molar-refractivity contribution is 7.98. The summed E-state index contributed by atoms with van der Waals surface area (Å²) in [6, 6.07) is 5.64. The second kappa shape index (κ2) is 6.66. The first-order chi connectivity index (χ1) is 10.3. The van der Waals surface area contributed by atoms with Crippen molar-refractivity contribution in [2.24, 2.45) is 0 Å². The Morgan fingerprint density at radius 3 is 2.59 bits per heavy atom. The zero-order chi connectivity index (χ0) is 16.3. The number of hydrogen-bond donors (Lipinski definition) is 1. The maximum Gasteiger partial charge on any atom is 0.175 e. The fourth-order valence-corrected chi connectivity index (χ4v) is 3.28. The second-order valence-corrected chi connectivity index (χ2v) is 7.64. The molecular formula is C15H17FN2O2S2. The summed E-state index contributed by atoms with van der Waals surface area (Å²) in [6.07, 6.45) is 5.65. The summed E-state index contributed by atoms with van der Waals surface area (Å²) >= 11 is 1.60. The zero-order valence-corrected chi connectivity index (χ0v) is 14.2. The number of sulfone groups is 1. The van der Waals surface area contributed by atoms with E-state index in [-0.39, 0.29) is 10.6 Å². The Kier molecular flexibility index (Phi) is 5.08. The topological polar surface area (TPSA) is 59.1 Å². The Balaban J connectivity index is 2.31. The van der Waals surface area contributed by atoms with Crippen molar-refractivity contribution >= 4 is 33.1 Å². The van der Waals surface area contributed by atoms with Gasteiger partial charge in [0.2, 0.25) is 0 Å². The molecule has 1 aromatic carbocycles. The molecule has 2 aromatic rings. The molecule has 1 N–H and O–H groups in total. The van der Waals surface area contributed by atoms with E-state index in [2.05, 4.69) is 10.3 Å². The predicted molar refractivity (Wildman–Crippen MR) is 88.2 cm³/mol. The third kappa shape index (κ3) is 3.78. The SMILES string of the molecule is CCc1cnc(Nc2ccc(S(C)(=O)=O)cc2F)cc1SC. The van der Waals surface area contributed by atoms with E-state index < -0.39 is 15.7 Å². The number of halogens is 1. The van der Waals surface area contributed by atoms with E-state index in [4.69, 9.17) is 0 Å². The number of hydrogen-bond acceptors (Lipinski definition) is 5. The van der Waals surface area contributed by atoms with Crippen LogP contribution in [-0.2, 0) is 16.3 Å². The average molecular weight is 340 g/mol. The Morgan fingerprint density at radius 1 is 1.32 bits per heavy atom. The third-order valence-electron chi connectivity index (χ3n) is 3.18. The van der Waals surface area contributed by atoms with Crippen molar-refractivity contribution in [3.63, 3.8) is 0 Å². The molecule has 1 heterocycles. The lowest BCUT2D eigenvalue weighted by atomic mass is 10.2. The number of anilines is 2. The van der Waals surface area contributed by atoms with E-state index in [0.717, 1.165) is 29.2 Å². The number of benzene rings is 1. The quantitative estimate of drug-likeness (QED) is 0.842. The first-order valence-corrected chi connectivity index (χ1v) is 9.76. The lowest BCUT2D eigenvalue weighted by Crippen LogP contribution is -2.01. The number of nitrogens with zero attached hydrogens (tertiary/aromatic N) is 1. The summed E-state index contributed by atoms with van der Waals surface area (Å²) in [7, 11) is -3.42. The van der Waals surface area contributed by atoms with Crippen LogP contribution in [0.3, 0.4) is 0 Å². The van der Waals surface area contributed by atoms with Gasteiger partial charge >= 0.3 is 0 Å². The molecule has 0 spiro atoms. The van der Waals surface area contributed by atoms with Crippen molar-refractivity contribution in [1.29, 1.82) is 0 Å². The summed E-state index contributed by atoms with van der Waals surface area (Å²) < 4.78 is 36.8. The molecule has 0 radical (unpaired) electrons. The highest BCUT2D eigenvalue weighted by atomic mass is 32.2. The van der Waals surface area contributed by atoms with Gasteiger partial charge in [0.15, 0.2) is 9.84 Å². The van der Waals surface area contributed by atoms with Crippen LogP contribution in [0.5, 0.6) is 0 Å². The average Bonchev–Trinajstić information content (AvgIpc) is 2.48. The highest BCUT2D eigenvalue weighted by Crippen LogP contribution is 2.26. The van der Waals surface area contributed by atoms with Gasteiger partial charge < -0.3 is 5.32 Å². The molecular weight excluding hydrogens is 323 g/mol. The Labute approximate surface area is 134 Å². The van der Waals surface area contributed by atoms with Crippen molar-refractivity contribution in [3.8, 4) is 0 Å². The van der Waals surface area contributed by atoms with Crippen molar-refractivity contribution in [2.45, 2.75) is 23.1 Å². The minimum absolute atomic E-state index is 0.0466. The van der Waals surface area contributed by atoms with Gasteiger partial charge in [-0.05, 0) is 42.5 Å². The molecule has 0 amide bonds. The van der Waals surface area contributed by atoms with E-state index in [1.54, 1.807) is 18.0 Å². The summed E-state index contributed by atoms with van der Waals surface area (Å²) in [5.41, 5.74) is 1.32. The van der Waals surface area contributed by atoms with Crippen LogP contribution in [0.25, 0.3) is 0 Å². The number of pyridine rings is 1. The maximum absolute atomic E-state index is 14.0.